The number of ether oxygens (including phenoxy) is 2. The molecule has 0 unspecified atom stereocenters. The van der Waals surface area contributed by atoms with Crippen LogP contribution in [-0.4, -0.2) is 19.9 Å². The first-order chi connectivity index (χ1) is 9.86. The fourth-order valence-electron chi connectivity index (χ4n) is 2.31. The van der Waals surface area contributed by atoms with Crippen LogP contribution in [0.3, 0.4) is 0 Å². The fraction of sp³-hybridized carbons (Fsp3) is 0.235. The first-order valence-electron chi connectivity index (χ1n) is 6.74. The van der Waals surface area contributed by atoms with Crippen molar-refractivity contribution in [2.75, 3.05) is 13.7 Å². The normalized spacial score (nSPS) is 12.8. The third kappa shape index (κ3) is 2.67. The SMILES string of the molecule is COc1cc2c(cc1OCc1ccccc1)C=NCC2. The summed E-state index contributed by atoms with van der Waals surface area (Å²) in [6.45, 7) is 1.38. The molecule has 0 spiro atoms. The minimum atomic E-state index is 0.535. The predicted molar refractivity (Wildman–Crippen MR) is 79.9 cm³/mol. The second-order valence-electron chi connectivity index (χ2n) is 4.76. The van der Waals surface area contributed by atoms with Crippen molar-refractivity contribution < 1.29 is 9.47 Å². The van der Waals surface area contributed by atoms with Crippen molar-refractivity contribution in [2.24, 2.45) is 4.99 Å². The highest BCUT2D eigenvalue weighted by Crippen LogP contribution is 2.32. The Bertz CT molecular complexity index is 620. The van der Waals surface area contributed by atoms with Crippen LogP contribution in [0.4, 0.5) is 0 Å². The summed E-state index contributed by atoms with van der Waals surface area (Å²) in [5.74, 6) is 1.55. The molecule has 0 amide bonds. The van der Waals surface area contributed by atoms with Gasteiger partial charge in [-0.15, -0.1) is 0 Å². The molecule has 0 radical (unpaired) electrons. The molecular weight excluding hydrogens is 250 g/mol. The maximum absolute atomic E-state index is 5.89. The van der Waals surface area contributed by atoms with Gasteiger partial charge in [-0.2, -0.15) is 0 Å². The topological polar surface area (TPSA) is 30.8 Å². The number of benzene rings is 2. The summed E-state index contributed by atoms with van der Waals surface area (Å²) in [5, 5.41) is 0. The molecule has 2 aromatic carbocycles. The molecule has 0 N–H and O–H groups in total. The minimum absolute atomic E-state index is 0.535. The summed E-state index contributed by atoms with van der Waals surface area (Å²) in [6.07, 6.45) is 2.87. The Morgan fingerprint density at radius 3 is 2.75 bits per heavy atom. The molecule has 0 aromatic heterocycles. The van der Waals surface area contributed by atoms with Crippen LogP contribution in [0.2, 0.25) is 0 Å². The lowest BCUT2D eigenvalue weighted by molar-refractivity contribution is 0.284. The summed E-state index contributed by atoms with van der Waals surface area (Å²) in [5.41, 5.74) is 3.53. The number of rotatable bonds is 4. The van der Waals surface area contributed by atoms with Gasteiger partial charge in [-0.25, -0.2) is 0 Å². The van der Waals surface area contributed by atoms with Gasteiger partial charge in [0.15, 0.2) is 11.5 Å². The van der Waals surface area contributed by atoms with Crippen molar-refractivity contribution >= 4 is 6.21 Å². The van der Waals surface area contributed by atoms with E-state index in [-0.39, 0.29) is 0 Å². The Hall–Kier alpha value is -2.29. The smallest absolute Gasteiger partial charge is 0.162 e. The van der Waals surface area contributed by atoms with E-state index in [1.165, 1.54) is 5.56 Å². The monoisotopic (exact) mass is 267 g/mol. The lowest BCUT2D eigenvalue weighted by Gasteiger charge is -2.16. The second kappa shape index (κ2) is 5.78. The van der Waals surface area contributed by atoms with Crippen molar-refractivity contribution in [3.05, 3.63) is 59.2 Å². The van der Waals surface area contributed by atoms with Crippen LogP contribution >= 0.6 is 0 Å². The maximum Gasteiger partial charge on any atom is 0.162 e. The molecule has 0 aliphatic carbocycles. The first kappa shape index (κ1) is 12.7. The summed E-state index contributed by atoms with van der Waals surface area (Å²) >= 11 is 0. The highest BCUT2D eigenvalue weighted by Gasteiger charge is 2.12. The fourth-order valence-corrected chi connectivity index (χ4v) is 2.31. The highest BCUT2D eigenvalue weighted by molar-refractivity contribution is 5.84. The molecule has 3 heteroatoms. The number of aliphatic imine (C=N–C) groups is 1. The Labute approximate surface area is 118 Å². The summed E-state index contributed by atoms with van der Waals surface area (Å²) < 4.78 is 11.3. The van der Waals surface area contributed by atoms with Crippen molar-refractivity contribution in [1.82, 2.24) is 0 Å². The van der Waals surface area contributed by atoms with Gasteiger partial charge in [-0.05, 0) is 35.2 Å². The maximum atomic E-state index is 5.89. The largest absolute Gasteiger partial charge is 0.493 e. The number of hydrogen-bond donors (Lipinski definition) is 0. The molecular formula is C17H17NO2. The van der Waals surface area contributed by atoms with Crippen LogP contribution in [0.1, 0.15) is 16.7 Å². The molecule has 0 bridgehead atoms. The van der Waals surface area contributed by atoms with Gasteiger partial charge in [0, 0.05) is 12.8 Å². The van der Waals surface area contributed by atoms with Crippen LogP contribution in [0.25, 0.3) is 0 Å². The van der Waals surface area contributed by atoms with Crippen molar-refractivity contribution in [3.8, 4) is 11.5 Å². The zero-order valence-corrected chi connectivity index (χ0v) is 11.5. The zero-order chi connectivity index (χ0) is 13.8. The minimum Gasteiger partial charge on any atom is -0.493 e. The van der Waals surface area contributed by atoms with Crippen LogP contribution in [-0.2, 0) is 13.0 Å². The average Bonchev–Trinajstić information content (AvgIpc) is 2.53. The number of nitrogens with zero attached hydrogens (tertiary/aromatic N) is 1. The molecule has 1 aliphatic rings. The van der Waals surface area contributed by atoms with Gasteiger partial charge in [0.1, 0.15) is 6.61 Å². The number of methoxy groups -OCH3 is 1. The van der Waals surface area contributed by atoms with Gasteiger partial charge in [-0.1, -0.05) is 30.3 Å². The van der Waals surface area contributed by atoms with Gasteiger partial charge >= 0.3 is 0 Å². The van der Waals surface area contributed by atoms with E-state index in [0.29, 0.717) is 6.61 Å². The Kier molecular flexibility index (Phi) is 3.68. The predicted octanol–water partition coefficient (Wildman–Crippen LogP) is 3.25. The lowest BCUT2D eigenvalue weighted by Crippen LogP contribution is -2.05. The molecule has 0 saturated carbocycles. The summed E-state index contributed by atoms with van der Waals surface area (Å²) in [4.78, 5) is 4.31. The summed E-state index contributed by atoms with van der Waals surface area (Å²) in [6, 6.07) is 14.2. The molecule has 3 rings (SSSR count). The molecule has 20 heavy (non-hydrogen) atoms. The van der Waals surface area contributed by atoms with Crippen molar-refractivity contribution in [2.45, 2.75) is 13.0 Å². The van der Waals surface area contributed by atoms with Gasteiger partial charge in [-0.3, -0.25) is 4.99 Å². The van der Waals surface area contributed by atoms with Gasteiger partial charge in [0.25, 0.3) is 0 Å². The average molecular weight is 267 g/mol. The van der Waals surface area contributed by atoms with Crippen LogP contribution in [0.15, 0.2) is 47.5 Å². The quantitative estimate of drug-likeness (QED) is 0.851. The Balaban J connectivity index is 1.83. The van der Waals surface area contributed by atoms with Crippen molar-refractivity contribution in [1.29, 1.82) is 0 Å². The standard InChI is InChI=1S/C17H17NO2/c1-19-16-9-14-7-8-18-11-15(14)10-17(16)20-12-13-5-3-2-4-6-13/h2-6,9-11H,7-8,12H2,1H3. The first-order valence-corrected chi connectivity index (χ1v) is 6.74. The van der Waals surface area contributed by atoms with E-state index in [9.17, 15) is 0 Å². The van der Waals surface area contributed by atoms with E-state index in [4.69, 9.17) is 9.47 Å². The van der Waals surface area contributed by atoms with E-state index in [1.54, 1.807) is 7.11 Å². The molecule has 102 valence electrons. The van der Waals surface area contributed by atoms with Gasteiger partial charge < -0.3 is 9.47 Å². The van der Waals surface area contributed by atoms with E-state index in [2.05, 4.69) is 11.1 Å². The molecule has 0 fully saturated rings. The van der Waals surface area contributed by atoms with E-state index < -0.39 is 0 Å². The second-order valence-corrected chi connectivity index (χ2v) is 4.76. The molecule has 1 heterocycles. The van der Waals surface area contributed by atoms with Gasteiger partial charge in [0.2, 0.25) is 0 Å². The molecule has 1 aliphatic heterocycles. The Morgan fingerprint density at radius 2 is 1.95 bits per heavy atom. The number of fused-ring (bicyclic) bond motifs is 1. The van der Waals surface area contributed by atoms with Crippen LogP contribution in [0.5, 0.6) is 11.5 Å². The van der Waals surface area contributed by atoms with E-state index in [0.717, 1.165) is 35.6 Å². The van der Waals surface area contributed by atoms with Gasteiger partial charge in [0.05, 0.1) is 7.11 Å². The highest BCUT2D eigenvalue weighted by atomic mass is 16.5. The number of hydrogen-bond acceptors (Lipinski definition) is 3. The van der Waals surface area contributed by atoms with Crippen molar-refractivity contribution in [3.63, 3.8) is 0 Å². The molecule has 2 aromatic rings. The summed E-state index contributed by atoms with van der Waals surface area (Å²) in [7, 11) is 1.67. The van der Waals surface area contributed by atoms with Crippen LogP contribution in [0, 0.1) is 0 Å². The molecule has 3 nitrogen and oxygen atoms in total. The third-order valence-electron chi connectivity index (χ3n) is 3.40. The molecule has 0 saturated heterocycles. The Morgan fingerprint density at radius 1 is 1.10 bits per heavy atom. The lowest BCUT2D eigenvalue weighted by atomic mass is 10.0. The third-order valence-corrected chi connectivity index (χ3v) is 3.40. The van der Waals surface area contributed by atoms with E-state index >= 15 is 0 Å². The van der Waals surface area contributed by atoms with E-state index in [1.807, 2.05) is 42.6 Å². The molecule has 0 atom stereocenters. The van der Waals surface area contributed by atoms with Crippen LogP contribution < -0.4 is 9.47 Å². The zero-order valence-electron chi connectivity index (χ0n) is 11.5.